The Hall–Kier alpha value is -0.795. The standard InChI is InChI=1S/C12H14BO2/c1-2-6-10(7-3-1)11-12(15-13-14-11)8-4-5-9-12/h1-3,6-7,11H,4-5,8-9H2/t11-/m1/s1. The second kappa shape index (κ2) is 3.65. The maximum atomic E-state index is 5.72. The van der Waals surface area contributed by atoms with Crippen LogP contribution in [0.1, 0.15) is 37.4 Å². The van der Waals surface area contributed by atoms with Crippen molar-refractivity contribution in [2.24, 2.45) is 0 Å². The van der Waals surface area contributed by atoms with E-state index in [9.17, 15) is 0 Å². The lowest BCUT2D eigenvalue weighted by Gasteiger charge is -2.29. The lowest BCUT2D eigenvalue weighted by Crippen LogP contribution is -2.30. The smallest absolute Gasteiger partial charge is 0.405 e. The second-order valence-electron chi connectivity index (χ2n) is 4.41. The highest BCUT2D eigenvalue weighted by atomic mass is 16.6. The van der Waals surface area contributed by atoms with Crippen molar-refractivity contribution >= 4 is 7.69 Å². The molecule has 15 heavy (non-hydrogen) atoms. The molecule has 1 aliphatic heterocycles. The van der Waals surface area contributed by atoms with Crippen molar-refractivity contribution in [3.63, 3.8) is 0 Å². The first-order chi connectivity index (χ1) is 7.41. The van der Waals surface area contributed by atoms with Crippen LogP contribution in [0.15, 0.2) is 30.3 Å². The van der Waals surface area contributed by atoms with Crippen molar-refractivity contribution < 1.29 is 9.31 Å². The number of hydrogen-bond acceptors (Lipinski definition) is 2. The van der Waals surface area contributed by atoms with E-state index in [1.807, 2.05) is 6.07 Å². The van der Waals surface area contributed by atoms with Gasteiger partial charge in [-0.25, -0.2) is 0 Å². The molecular formula is C12H14BO2. The minimum atomic E-state index is -0.0681. The molecular weight excluding hydrogens is 187 g/mol. The number of benzene rings is 1. The van der Waals surface area contributed by atoms with Crippen LogP contribution in [0.5, 0.6) is 0 Å². The van der Waals surface area contributed by atoms with Gasteiger partial charge in [-0.2, -0.15) is 0 Å². The fourth-order valence-corrected chi connectivity index (χ4v) is 2.73. The zero-order chi connectivity index (χ0) is 10.1. The molecule has 1 radical (unpaired) electrons. The van der Waals surface area contributed by atoms with Crippen LogP contribution in [0.3, 0.4) is 0 Å². The molecule has 0 bridgehead atoms. The van der Waals surface area contributed by atoms with E-state index in [0.717, 1.165) is 12.8 Å². The summed E-state index contributed by atoms with van der Waals surface area (Å²) in [4.78, 5) is 0. The molecule has 0 amide bonds. The summed E-state index contributed by atoms with van der Waals surface area (Å²) in [6.45, 7) is 0. The summed E-state index contributed by atoms with van der Waals surface area (Å²) in [5.41, 5.74) is 1.16. The monoisotopic (exact) mass is 201 g/mol. The van der Waals surface area contributed by atoms with Crippen molar-refractivity contribution in [2.75, 3.05) is 0 Å². The van der Waals surface area contributed by atoms with Crippen LogP contribution in [0.4, 0.5) is 0 Å². The van der Waals surface area contributed by atoms with E-state index in [2.05, 4.69) is 24.3 Å². The van der Waals surface area contributed by atoms with Gasteiger partial charge in [0.25, 0.3) is 0 Å². The fraction of sp³-hybridized carbons (Fsp3) is 0.500. The van der Waals surface area contributed by atoms with Crippen molar-refractivity contribution in [3.05, 3.63) is 35.9 Å². The summed E-state index contributed by atoms with van der Waals surface area (Å²) in [6, 6.07) is 10.4. The van der Waals surface area contributed by atoms with Gasteiger partial charge in [-0.3, -0.25) is 0 Å². The van der Waals surface area contributed by atoms with Gasteiger partial charge in [0.1, 0.15) is 0 Å². The van der Waals surface area contributed by atoms with E-state index < -0.39 is 0 Å². The summed E-state index contributed by atoms with van der Waals surface area (Å²) in [5.74, 6) is 0. The van der Waals surface area contributed by atoms with E-state index >= 15 is 0 Å². The maximum absolute atomic E-state index is 5.72. The Kier molecular flexibility index (Phi) is 2.30. The zero-order valence-electron chi connectivity index (χ0n) is 8.69. The van der Waals surface area contributed by atoms with Gasteiger partial charge >= 0.3 is 7.69 Å². The molecule has 2 nitrogen and oxygen atoms in total. The molecule has 3 rings (SSSR count). The maximum Gasteiger partial charge on any atom is 0.489 e. The summed E-state index contributed by atoms with van der Waals surface area (Å²) in [7, 11) is 1.53. The SMILES string of the molecule is [B]1O[C@H](c2ccccc2)C2(CCCC2)O1. The van der Waals surface area contributed by atoms with E-state index in [1.165, 1.54) is 26.1 Å². The van der Waals surface area contributed by atoms with Crippen LogP contribution in [-0.2, 0) is 9.31 Å². The average molecular weight is 201 g/mol. The highest BCUT2D eigenvalue weighted by molar-refractivity contribution is 6.19. The molecule has 1 atom stereocenters. The Bertz CT molecular complexity index is 327. The van der Waals surface area contributed by atoms with Gasteiger partial charge in [0.05, 0.1) is 11.7 Å². The molecule has 0 unspecified atom stereocenters. The minimum Gasteiger partial charge on any atom is -0.405 e. The molecule has 1 aromatic carbocycles. The summed E-state index contributed by atoms with van der Waals surface area (Å²) in [5, 5.41) is 0. The molecule has 1 spiro atoms. The first kappa shape index (κ1) is 9.43. The normalized spacial score (nSPS) is 28.1. The zero-order valence-corrected chi connectivity index (χ0v) is 8.69. The Balaban J connectivity index is 1.92. The Morgan fingerprint density at radius 2 is 1.87 bits per heavy atom. The predicted molar refractivity (Wildman–Crippen MR) is 58.3 cm³/mol. The Labute approximate surface area is 90.9 Å². The van der Waals surface area contributed by atoms with Crippen LogP contribution in [-0.4, -0.2) is 13.3 Å². The van der Waals surface area contributed by atoms with Crippen molar-refractivity contribution in [1.82, 2.24) is 0 Å². The third-order valence-electron chi connectivity index (χ3n) is 3.50. The van der Waals surface area contributed by atoms with E-state index in [-0.39, 0.29) is 11.7 Å². The van der Waals surface area contributed by atoms with Crippen LogP contribution in [0.25, 0.3) is 0 Å². The van der Waals surface area contributed by atoms with Gasteiger partial charge in [0.15, 0.2) is 0 Å². The van der Waals surface area contributed by atoms with Gasteiger partial charge < -0.3 is 9.31 Å². The molecule has 1 aliphatic carbocycles. The van der Waals surface area contributed by atoms with E-state index in [0.29, 0.717) is 0 Å². The van der Waals surface area contributed by atoms with Gasteiger partial charge in [-0.1, -0.05) is 43.2 Å². The summed E-state index contributed by atoms with van der Waals surface area (Å²) in [6.07, 6.45) is 4.83. The number of rotatable bonds is 1. The van der Waals surface area contributed by atoms with Gasteiger partial charge in [0, 0.05) is 0 Å². The molecule has 0 N–H and O–H groups in total. The van der Waals surface area contributed by atoms with Gasteiger partial charge in [-0.05, 0) is 18.4 Å². The van der Waals surface area contributed by atoms with Crippen LogP contribution >= 0.6 is 0 Å². The molecule has 2 fully saturated rings. The average Bonchev–Trinajstić information content (AvgIpc) is 2.91. The lowest BCUT2D eigenvalue weighted by molar-refractivity contribution is 0.0426. The Morgan fingerprint density at radius 3 is 2.60 bits per heavy atom. The van der Waals surface area contributed by atoms with Gasteiger partial charge in [-0.15, -0.1) is 0 Å². The molecule has 1 heterocycles. The molecule has 0 aromatic heterocycles. The molecule has 2 aliphatic rings. The van der Waals surface area contributed by atoms with Crippen molar-refractivity contribution in [2.45, 2.75) is 37.4 Å². The number of hydrogen-bond donors (Lipinski definition) is 0. The Morgan fingerprint density at radius 1 is 1.13 bits per heavy atom. The third-order valence-corrected chi connectivity index (χ3v) is 3.50. The van der Waals surface area contributed by atoms with Crippen LogP contribution in [0.2, 0.25) is 0 Å². The quantitative estimate of drug-likeness (QED) is 0.650. The first-order valence-corrected chi connectivity index (χ1v) is 5.61. The van der Waals surface area contributed by atoms with Crippen molar-refractivity contribution in [1.29, 1.82) is 0 Å². The molecule has 3 heteroatoms. The second-order valence-corrected chi connectivity index (χ2v) is 4.41. The van der Waals surface area contributed by atoms with Gasteiger partial charge in [0.2, 0.25) is 0 Å². The van der Waals surface area contributed by atoms with E-state index in [4.69, 9.17) is 9.31 Å². The third kappa shape index (κ3) is 1.50. The largest absolute Gasteiger partial charge is 0.489 e. The molecule has 77 valence electrons. The predicted octanol–water partition coefficient (Wildman–Crippen LogP) is 2.62. The summed E-state index contributed by atoms with van der Waals surface area (Å²) >= 11 is 0. The lowest BCUT2D eigenvalue weighted by atomic mass is 9.90. The summed E-state index contributed by atoms with van der Waals surface area (Å²) < 4.78 is 11.4. The molecule has 1 saturated carbocycles. The minimum absolute atomic E-state index is 0.0681. The topological polar surface area (TPSA) is 18.5 Å². The van der Waals surface area contributed by atoms with Crippen LogP contribution < -0.4 is 0 Å². The molecule has 1 saturated heterocycles. The fourth-order valence-electron chi connectivity index (χ4n) is 2.73. The van der Waals surface area contributed by atoms with E-state index in [1.54, 1.807) is 0 Å². The highest BCUT2D eigenvalue weighted by Crippen LogP contribution is 2.47. The van der Waals surface area contributed by atoms with Crippen LogP contribution in [0, 0.1) is 0 Å². The molecule has 1 aromatic rings. The first-order valence-electron chi connectivity index (χ1n) is 5.61. The highest BCUT2D eigenvalue weighted by Gasteiger charge is 2.48. The van der Waals surface area contributed by atoms with Crippen molar-refractivity contribution in [3.8, 4) is 0 Å².